The first-order valence-electron chi connectivity index (χ1n) is 8.57. The lowest BCUT2D eigenvalue weighted by molar-refractivity contribution is -0.130. The number of hydrogen-bond donors (Lipinski definition) is 1. The summed E-state index contributed by atoms with van der Waals surface area (Å²) in [4.78, 5) is 38.3. The van der Waals surface area contributed by atoms with Crippen LogP contribution in [0, 0.1) is 0 Å². The number of hydrogen-bond acceptors (Lipinski definition) is 6. The van der Waals surface area contributed by atoms with E-state index in [-0.39, 0.29) is 23.9 Å². The minimum Gasteiger partial charge on any atom is -0.497 e. The minimum absolute atomic E-state index is 0.00580. The molecular formula is C20H15ClN2O6. The first-order valence-corrected chi connectivity index (χ1v) is 8.95. The second-order valence-electron chi connectivity index (χ2n) is 6.28. The summed E-state index contributed by atoms with van der Waals surface area (Å²) in [6, 6.07) is 9.22. The Bertz CT molecular complexity index is 1050. The van der Waals surface area contributed by atoms with Gasteiger partial charge < -0.3 is 14.2 Å². The highest BCUT2D eigenvalue weighted by Crippen LogP contribution is 2.37. The number of ether oxygens (including phenoxy) is 3. The number of nitrogens with zero attached hydrogens (tertiary/aromatic N) is 1. The normalized spacial score (nSPS) is 17.0. The minimum atomic E-state index is -0.792. The van der Waals surface area contributed by atoms with Crippen molar-refractivity contribution in [2.45, 2.75) is 6.54 Å². The molecule has 0 atom stereocenters. The lowest BCUT2D eigenvalue weighted by atomic mass is 10.1. The molecule has 0 unspecified atom stereocenters. The van der Waals surface area contributed by atoms with Gasteiger partial charge in [-0.3, -0.25) is 19.8 Å². The maximum absolute atomic E-state index is 12.9. The van der Waals surface area contributed by atoms with Crippen LogP contribution in [-0.4, -0.2) is 36.6 Å². The number of amides is 4. The fourth-order valence-corrected chi connectivity index (χ4v) is 3.16. The number of barbiturate groups is 1. The first kappa shape index (κ1) is 18.8. The number of benzene rings is 2. The van der Waals surface area contributed by atoms with Gasteiger partial charge in [0.15, 0.2) is 11.5 Å². The first-order chi connectivity index (χ1) is 14.0. The summed E-state index contributed by atoms with van der Waals surface area (Å²) in [5, 5.41) is 2.46. The molecule has 1 fully saturated rings. The molecule has 2 aliphatic rings. The van der Waals surface area contributed by atoms with E-state index < -0.39 is 17.8 Å². The number of methoxy groups -OCH3 is 1. The highest BCUT2D eigenvalue weighted by atomic mass is 35.5. The van der Waals surface area contributed by atoms with Gasteiger partial charge in [0.1, 0.15) is 11.3 Å². The van der Waals surface area contributed by atoms with Gasteiger partial charge in [0.05, 0.1) is 18.7 Å². The smallest absolute Gasteiger partial charge is 0.331 e. The van der Waals surface area contributed by atoms with Crippen LogP contribution in [-0.2, 0) is 16.1 Å². The Morgan fingerprint density at radius 1 is 1.14 bits per heavy atom. The van der Waals surface area contributed by atoms with Crippen molar-refractivity contribution < 1.29 is 28.6 Å². The van der Waals surface area contributed by atoms with Crippen molar-refractivity contribution in [2.24, 2.45) is 0 Å². The van der Waals surface area contributed by atoms with E-state index in [1.54, 1.807) is 43.5 Å². The Hall–Kier alpha value is -3.52. The van der Waals surface area contributed by atoms with Crippen LogP contribution in [0.3, 0.4) is 0 Å². The van der Waals surface area contributed by atoms with Crippen LogP contribution in [0.25, 0.3) is 6.08 Å². The fourth-order valence-electron chi connectivity index (χ4n) is 2.95. The molecule has 0 aromatic heterocycles. The molecule has 148 valence electrons. The molecule has 4 amide bonds. The topological polar surface area (TPSA) is 94.2 Å². The van der Waals surface area contributed by atoms with Crippen LogP contribution in [0.5, 0.6) is 17.2 Å². The van der Waals surface area contributed by atoms with Gasteiger partial charge in [-0.15, -0.1) is 0 Å². The summed E-state index contributed by atoms with van der Waals surface area (Å²) in [6.07, 6.45) is 1.33. The maximum Gasteiger partial charge on any atom is 0.331 e. The zero-order valence-corrected chi connectivity index (χ0v) is 16.0. The highest BCUT2D eigenvalue weighted by molar-refractivity contribution is 6.34. The number of carbonyl (C=O) groups is 3. The van der Waals surface area contributed by atoms with Crippen molar-refractivity contribution >= 4 is 35.5 Å². The van der Waals surface area contributed by atoms with Crippen molar-refractivity contribution in [3.63, 3.8) is 0 Å². The second kappa shape index (κ2) is 7.48. The van der Waals surface area contributed by atoms with Gasteiger partial charge in [0, 0.05) is 6.07 Å². The van der Waals surface area contributed by atoms with Gasteiger partial charge in [-0.25, -0.2) is 4.79 Å². The summed E-state index contributed by atoms with van der Waals surface area (Å²) in [6.45, 7) is 0.0589. The summed E-state index contributed by atoms with van der Waals surface area (Å²) < 4.78 is 15.6. The molecule has 0 bridgehead atoms. The van der Waals surface area contributed by atoms with Crippen LogP contribution in [0.4, 0.5) is 4.79 Å². The van der Waals surface area contributed by atoms with E-state index in [1.165, 1.54) is 6.08 Å². The average molecular weight is 415 g/mol. The zero-order valence-electron chi connectivity index (χ0n) is 15.2. The number of halogens is 1. The van der Waals surface area contributed by atoms with Gasteiger partial charge in [0.25, 0.3) is 11.8 Å². The highest BCUT2D eigenvalue weighted by Gasteiger charge is 2.36. The van der Waals surface area contributed by atoms with Crippen LogP contribution in [0.15, 0.2) is 42.0 Å². The summed E-state index contributed by atoms with van der Waals surface area (Å²) >= 11 is 6.23. The Morgan fingerprint density at radius 3 is 2.52 bits per heavy atom. The van der Waals surface area contributed by atoms with E-state index in [9.17, 15) is 14.4 Å². The lowest BCUT2D eigenvalue weighted by Gasteiger charge is -2.26. The van der Waals surface area contributed by atoms with E-state index in [0.717, 1.165) is 4.90 Å². The molecule has 29 heavy (non-hydrogen) atoms. The number of nitrogens with one attached hydrogen (secondary N) is 1. The number of fused-ring (bicyclic) bond motifs is 1. The van der Waals surface area contributed by atoms with Crippen LogP contribution in [0.2, 0.25) is 5.02 Å². The van der Waals surface area contributed by atoms with Gasteiger partial charge in [-0.05, 0) is 35.4 Å². The van der Waals surface area contributed by atoms with E-state index in [0.29, 0.717) is 28.4 Å². The molecule has 2 aromatic rings. The van der Waals surface area contributed by atoms with Crippen LogP contribution in [0.1, 0.15) is 11.1 Å². The fraction of sp³-hybridized carbons (Fsp3) is 0.150. The molecule has 8 nitrogen and oxygen atoms in total. The molecule has 0 saturated carbocycles. The Kier molecular flexibility index (Phi) is 4.85. The molecular weight excluding hydrogens is 400 g/mol. The second-order valence-corrected chi connectivity index (χ2v) is 6.69. The molecule has 9 heteroatoms. The number of carbonyl (C=O) groups excluding carboxylic acids is 3. The number of urea groups is 1. The zero-order chi connectivity index (χ0) is 20.5. The Morgan fingerprint density at radius 2 is 1.83 bits per heavy atom. The Labute approximate surface area is 170 Å². The predicted molar refractivity (Wildman–Crippen MR) is 103 cm³/mol. The molecule has 0 radical (unpaired) electrons. The summed E-state index contributed by atoms with van der Waals surface area (Å²) in [7, 11) is 1.54. The van der Waals surface area contributed by atoms with Crippen molar-refractivity contribution in [1.82, 2.24) is 10.2 Å². The van der Waals surface area contributed by atoms with E-state index in [1.807, 2.05) is 0 Å². The molecule has 0 aliphatic carbocycles. The standard InChI is InChI=1S/C20H15ClN2O6/c1-27-13-4-2-11(3-5-13)9-23-19(25)14(18(24)22-20(23)26)6-12-7-16-17(8-15(12)21)29-10-28-16/h2-8H,9-10H2,1H3,(H,22,24,26). The van der Waals surface area contributed by atoms with Gasteiger partial charge >= 0.3 is 6.03 Å². The summed E-state index contributed by atoms with van der Waals surface area (Å²) in [5.41, 5.74) is 0.885. The molecule has 0 spiro atoms. The monoisotopic (exact) mass is 414 g/mol. The van der Waals surface area contributed by atoms with Crippen molar-refractivity contribution in [1.29, 1.82) is 0 Å². The molecule has 2 aromatic carbocycles. The number of imide groups is 2. The molecule has 2 heterocycles. The maximum atomic E-state index is 12.9. The third kappa shape index (κ3) is 3.62. The van der Waals surface area contributed by atoms with Crippen LogP contribution >= 0.6 is 11.6 Å². The van der Waals surface area contributed by atoms with E-state index in [4.69, 9.17) is 25.8 Å². The van der Waals surface area contributed by atoms with Gasteiger partial charge in [-0.2, -0.15) is 0 Å². The third-order valence-corrected chi connectivity index (χ3v) is 4.80. The van der Waals surface area contributed by atoms with Crippen molar-refractivity contribution in [2.75, 3.05) is 13.9 Å². The molecule has 4 rings (SSSR count). The molecule has 2 aliphatic heterocycles. The average Bonchev–Trinajstić information content (AvgIpc) is 3.16. The Balaban J connectivity index is 1.63. The van der Waals surface area contributed by atoms with E-state index in [2.05, 4.69) is 5.32 Å². The number of rotatable bonds is 4. The predicted octanol–water partition coefficient (Wildman–Crippen LogP) is 2.74. The van der Waals surface area contributed by atoms with Crippen molar-refractivity contribution in [3.05, 3.63) is 58.1 Å². The van der Waals surface area contributed by atoms with Crippen LogP contribution < -0.4 is 19.5 Å². The molecule has 1 N–H and O–H groups in total. The van der Waals surface area contributed by atoms with Gasteiger partial charge in [-0.1, -0.05) is 23.7 Å². The van der Waals surface area contributed by atoms with Gasteiger partial charge in [0.2, 0.25) is 6.79 Å². The quantitative estimate of drug-likeness (QED) is 0.610. The van der Waals surface area contributed by atoms with E-state index >= 15 is 0 Å². The lowest BCUT2D eigenvalue weighted by Crippen LogP contribution is -2.53. The van der Waals surface area contributed by atoms with Crippen molar-refractivity contribution in [3.8, 4) is 17.2 Å². The largest absolute Gasteiger partial charge is 0.497 e. The molecule has 1 saturated heterocycles. The third-order valence-electron chi connectivity index (χ3n) is 4.48. The summed E-state index contributed by atoms with van der Waals surface area (Å²) in [5.74, 6) is 0.0726. The SMILES string of the molecule is COc1ccc(CN2C(=O)NC(=O)C(=Cc3cc4c(cc3Cl)OCO4)C2=O)cc1.